The number of hydrogen-bond donors (Lipinski definition) is 0. The van der Waals surface area contributed by atoms with Crippen molar-refractivity contribution in [3.8, 4) is 0 Å². The van der Waals surface area contributed by atoms with Gasteiger partial charge in [-0.15, -0.1) is 0 Å². The van der Waals surface area contributed by atoms with Gasteiger partial charge in [0.2, 0.25) is 5.91 Å². The molecule has 126 valence electrons. The summed E-state index contributed by atoms with van der Waals surface area (Å²) in [6.07, 6.45) is 1.83. The van der Waals surface area contributed by atoms with E-state index in [0.29, 0.717) is 35.1 Å². The van der Waals surface area contributed by atoms with Crippen LogP contribution in [0.25, 0.3) is 0 Å². The van der Waals surface area contributed by atoms with E-state index in [0.717, 1.165) is 12.8 Å². The summed E-state index contributed by atoms with van der Waals surface area (Å²) in [6.45, 7) is 2.93. The largest absolute Gasteiger partial charge is 0.361 e. The van der Waals surface area contributed by atoms with Crippen LogP contribution in [0.3, 0.4) is 0 Å². The molecule has 0 radical (unpaired) electrons. The van der Waals surface area contributed by atoms with Crippen LogP contribution in [-0.4, -0.2) is 34.8 Å². The van der Waals surface area contributed by atoms with Gasteiger partial charge in [-0.3, -0.25) is 9.59 Å². The second kappa shape index (κ2) is 7.18. The Hall–Kier alpha value is -2.14. The molecule has 24 heavy (non-hydrogen) atoms. The first-order valence-corrected chi connectivity index (χ1v) is 8.40. The number of piperidine rings is 1. The van der Waals surface area contributed by atoms with Crippen molar-refractivity contribution in [3.05, 3.63) is 52.4 Å². The highest BCUT2D eigenvalue weighted by Crippen LogP contribution is 2.22. The second-order valence-electron chi connectivity index (χ2n) is 6.16. The normalized spacial score (nSPS) is 17.8. The number of nitrogens with zero attached hydrogens (tertiary/aromatic N) is 2. The molecule has 0 bridgehead atoms. The van der Waals surface area contributed by atoms with Crippen LogP contribution in [0, 0.1) is 12.8 Å². The average Bonchev–Trinajstić information content (AvgIpc) is 3.00. The summed E-state index contributed by atoms with van der Waals surface area (Å²) in [5.41, 5.74) is 1.27. The van der Waals surface area contributed by atoms with E-state index in [1.54, 1.807) is 42.2 Å². The number of ketones is 1. The topological polar surface area (TPSA) is 63.4 Å². The summed E-state index contributed by atoms with van der Waals surface area (Å²) in [5, 5.41) is 4.47. The van der Waals surface area contributed by atoms with E-state index < -0.39 is 0 Å². The van der Waals surface area contributed by atoms with Gasteiger partial charge in [0.25, 0.3) is 0 Å². The lowest BCUT2D eigenvalue weighted by Crippen LogP contribution is -2.43. The summed E-state index contributed by atoms with van der Waals surface area (Å²) in [4.78, 5) is 26.8. The molecule has 5 nitrogen and oxygen atoms in total. The minimum absolute atomic E-state index is 0.0168. The fourth-order valence-electron chi connectivity index (χ4n) is 3.04. The number of benzene rings is 1. The number of likely N-dealkylation sites (tertiary alicyclic amines) is 1. The molecule has 0 N–H and O–H groups in total. The molecule has 1 aromatic carbocycles. The highest BCUT2D eigenvalue weighted by molar-refractivity contribution is 6.30. The second-order valence-corrected chi connectivity index (χ2v) is 6.59. The van der Waals surface area contributed by atoms with Gasteiger partial charge in [-0.2, -0.15) is 0 Å². The van der Waals surface area contributed by atoms with Gasteiger partial charge in [-0.25, -0.2) is 0 Å². The Morgan fingerprint density at radius 1 is 1.33 bits per heavy atom. The predicted molar refractivity (Wildman–Crippen MR) is 90.0 cm³/mol. The zero-order valence-electron chi connectivity index (χ0n) is 13.5. The maximum absolute atomic E-state index is 12.6. The molecule has 1 unspecified atom stereocenters. The lowest BCUT2D eigenvalue weighted by atomic mass is 9.90. The van der Waals surface area contributed by atoms with Gasteiger partial charge in [0.15, 0.2) is 5.78 Å². The zero-order chi connectivity index (χ0) is 17.1. The van der Waals surface area contributed by atoms with Crippen molar-refractivity contribution < 1.29 is 14.1 Å². The van der Waals surface area contributed by atoms with Gasteiger partial charge in [0.05, 0.1) is 12.1 Å². The molecule has 2 heterocycles. The number of carbonyl (C=O) groups excluding carboxylic acids is 2. The Balaban J connectivity index is 1.64. The van der Waals surface area contributed by atoms with Crippen molar-refractivity contribution in [3.63, 3.8) is 0 Å². The van der Waals surface area contributed by atoms with Crippen LogP contribution in [0.2, 0.25) is 5.02 Å². The number of carbonyl (C=O) groups is 2. The number of aryl methyl sites for hydroxylation is 1. The van der Waals surface area contributed by atoms with E-state index in [2.05, 4.69) is 5.16 Å². The van der Waals surface area contributed by atoms with Crippen LogP contribution in [0.15, 0.2) is 34.9 Å². The van der Waals surface area contributed by atoms with Gasteiger partial charge in [0, 0.05) is 35.7 Å². The van der Waals surface area contributed by atoms with Crippen molar-refractivity contribution in [1.82, 2.24) is 10.1 Å². The SMILES string of the molecule is Cc1cc(CC(=O)N2CCCC(C(=O)c3ccc(Cl)cc3)C2)no1. The number of hydrogen-bond acceptors (Lipinski definition) is 4. The van der Waals surface area contributed by atoms with Crippen molar-refractivity contribution in [1.29, 1.82) is 0 Å². The predicted octanol–water partition coefficient (Wildman–Crippen LogP) is 3.30. The molecular weight excluding hydrogens is 328 g/mol. The summed E-state index contributed by atoms with van der Waals surface area (Å²) >= 11 is 5.87. The quantitative estimate of drug-likeness (QED) is 0.797. The van der Waals surface area contributed by atoms with Gasteiger partial charge in [-0.05, 0) is 44.0 Å². The van der Waals surface area contributed by atoms with Crippen LogP contribution in [0.1, 0.15) is 34.7 Å². The van der Waals surface area contributed by atoms with Gasteiger partial charge in [-0.1, -0.05) is 16.8 Å². The van der Waals surface area contributed by atoms with E-state index in [9.17, 15) is 9.59 Å². The van der Waals surface area contributed by atoms with Gasteiger partial charge < -0.3 is 9.42 Å². The van der Waals surface area contributed by atoms with Crippen molar-refractivity contribution in [2.75, 3.05) is 13.1 Å². The molecule has 1 amide bonds. The van der Waals surface area contributed by atoms with Crippen LogP contribution < -0.4 is 0 Å². The Morgan fingerprint density at radius 2 is 2.08 bits per heavy atom. The molecule has 1 atom stereocenters. The van der Waals surface area contributed by atoms with Crippen LogP contribution in [0.5, 0.6) is 0 Å². The lowest BCUT2D eigenvalue weighted by molar-refractivity contribution is -0.132. The number of rotatable bonds is 4. The maximum Gasteiger partial charge on any atom is 0.228 e. The molecule has 6 heteroatoms. The molecule has 1 aromatic heterocycles. The van der Waals surface area contributed by atoms with Crippen molar-refractivity contribution in [2.24, 2.45) is 5.92 Å². The average molecular weight is 347 g/mol. The summed E-state index contributed by atoms with van der Waals surface area (Å²) in [6, 6.07) is 8.67. The highest BCUT2D eigenvalue weighted by atomic mass is 35.5. The zero-order valence-corrected chi connectivity index (χ0v) is 14.3. The summed E-state index contributed by atoms with van der Waals surface area (Å²) in [5.74, 6) is 0.577. The third kappa shape index (κ3) is 3.85. The van der Waals surface area contributed by atoms with Crippen LogP contribution >= 0.6 is 11.6 Å². The van der Waals surface area contributed by atoms with E-state index in [-0.39, 0.29) is 24.0 Å². The molecule has 1 fully saturated rings. The Morgan fingerprint density at radius 3 is 2.75 bits per heavy atom. The van der Waals surface area contributed by atoms with Crippen molar-refractivity contribution >= 4 is 23.3 Å². The Bertz CT molecular complexity index is 739. The molecule has 0 aliphatic carbocycles. The summed E-state index contributed by atoms with van der Waals surface area (Å²) < 4.78 is 4.99. The first-order valence-electron chi connectivity index (χ1n) is 8.02. The number of Topliss-reactive ketones (excluding diaryl/α,β-unsaturated/α-hetero) is 1. The first-order chi connectivity index (χ1) is 11.5. The lowest BCUT2D eigenvalue weighted by Gasteiger charge is -2.32. The molecule has 3 rings (SSSR count). The standard InChI is InChI=1S/C18H19ClN2O3/c1-12-9-16(20-24-12)10-17(22)21-8-2-3-14(11-21)18(23)13-4-6-15(19)7-5-13/h4-7,9,14H,2-3,8,10-11H2,1H3. The third-order valence-electron chi connectivity index (χ3n) is 4.28. The maximum atomic E-state index is 12.6. The molecule has 0 spiro atoms. The molecule has 1 aliphatic heterocycles. The van der Waals surface area contributed by atoms with Gasteiger partial charge in [0.1, 0.15) is 5.76 Å². The fraction of sp³-hybridized carbons (Fsp3) is 0.389. The smallest absolute Gasteiger partial charge is 0.228 e. The van der Waals surface area contributed by atoms with E-state index >= 15 is 0 Å². The Kier molecular flexibility index (Phi) is 5.00. The fourth-order valence-corrected chi connectivity index (χ4v) is 3.16. The van der Waals surface area contributed by atoms with Crippen molar-refractivity contribution in [2.45, 2.75) is 26.2 Å². The van der Waals surface area contributed by atoms with Gasteiger partial charge >= 0.3 is 0 Å². The third-order valence-corrected chi connectivity index (χ3v) is 4.53. The van der Waals surface area contributed by atoms with Crippen LogP contribution in [-0.2, 0) is 11.2 Å². The highest BCUT2D eigenvalue weighted by Gasteiger charge is 2.29. The van der Waals surface area contributed by atoms with E-state index in [1.807, 2.05) is 0 Å². The minimum atomic E-state index is -0.164. The number of aromatic nitrogens is 1. The number of halogens is 1. The Labute approximate surface area is 145 Å². The molecule has 1 saturated heterocycles. The molecule has 1 aliphatic rings. The monoisotopic (exact) mass is 346 g/mol. The summed E-state index contributed by atoms with van der Waals surface area (Å²) in [7, 11) is 0. The first kappa shape index (κ1) is 16.7. The minimum Gasteiger partial charge on any atom is -0.361 e. The molecule has 2 aromatic rings. The molecule has 0 saturated carbocycles. The van der Waals surface area contributed by atoms with Crippen LogP contribution in [0.4, 0.5) is 0 Å². The van der Waals surface area contributed by atoms with E-state index in [4.69, 9.17) is 16.1 Å². The van der Waals surface area contributed by atoms with E-state index in [1.165, 1.54) is 0 Å². The molecular formula is C18H19ClN2O3. The number of amides is 1.